The molecule has 0 saturated heterocycles. The maximum atomic E-state index is 11.0. The quantitative estimate of drug-likeness (QED) is 0.518. The molecule has 1 fully saturated rings. The van der Waals surface area contributed by atoms with E-state index in [1.165, 1.54) is 32.1 Å². The number of carbonyl (C=O) groups excluding carboxylic acids is 1. The molecule has 1 aliphatic carbocycles. The molecule has 1 saturated carbocycles. The standard InChI is InChI=1S/C9H17NO.Li.H/c1-2-9(11)10-8-6-4-3-5-7-8;;/h8H,2-7H2,1H3,(H,10,11);;/q;+1;-1. The summed E-state index contributed by atoms with van der Waals surface area (Å²) in [6.07, 6.45) is 6.91. The molecule has 12 heavy (non-hydrogen) atoms. The van der Waals surface area contributed by atoms with E-state index in [1.807, 2.05) is 6.92 Å². The van der Waals surface area contributed by atoms with Crippen molar-refractivity contribution in [3.8, 4) is 0 Å². The number of hydrogen-bond donors (Lipinski definition) is 1. The van der Waals surface area contributed by atoms with Gasteiger partial charge in [-0.1, -0.05) is 26.2 Å². The van der Waals surface area contributed by atoms with Gasteiger partial charge in [-0.25, -0.2) is 0 Å². The van der Waals surface area contributed by atoms with Crippen LogP contribution in [0.25, 0.3) is 0 Å². The fourth-order valence-corrected chi connectivity index (χ4v) is 1.58. The Balaban J connectivity index is 0. The second kappa shape index (κ2) is 6.57. The second-order valence-electron chi connectivity index (χ2n) is 3.26. The van der Waals surface area contributed by atoms with Crippen LogP contribution in [-0.2, 0) is 4.79 Å². The average Bonchev–Trinajstić information content (AvgIpc) is 2.06. The van der Waals surface area contributed by atoms with Gasteiger partial charge in [0.05, 0.1) is 0 Å². The first-order valence-corrected chi connectivity index (χ1v) is 4.62. The summed E-state index contributed by atoms with van der Waals surface area (Å²) in [7, 11) is 0. The van der Waals surface area contributed by atoms with E-state index >= 15 is 0 Å². The number of hydrogen-bond acceptors (Lipinski definition) is 1. The first-order chi connectivity index (χ1) is 5.33. The van der Waals surface area contributed by atoms with E-state index in [2.05, 4.69) is 5.32 Å². The molecular formula is C9H18LiNO. The third-order valence-corrected chi connectivity index (χ3v) is 2.29. The molecule has 0 aromatic rings. The topological polar surface area (TPSA) is 29.1 Å². The largest absolute Gasteiger partial charge is 1.00 e. The van der Waals surface area contributed by atoms with Crippen molar-refractivity contribution in [3.05, 3.63) is 0 Å². The predicted molar refractivity (Wildman–Crippen MR) is 46.4 cm³/mol. The molecule has 0 aromatic carbocycles. The molecule has 0 spiro atoms. The van der Waals surface area contributed by atoms with Crippen LogP contribution in [0.15, 0.2) is 0 Å². The normalized spacial score (nSPS) is 18.1. The van der Waals surface area contributed by atoms with Crippen molar-refractivity contribution >= 4 is 5.91 Å². The third-order valence-electron chi connectivity index (χ3n) is 2.29. The van der Waals surface area contributed by atoms with Crippen LogP contribution in [0.1, 0.15) is 46.9 Å². The Hall–Kier alpha value is 0.0674. The van der Waals surface area contributed by atoms with Crippen LogP contribution in [0.2, 0.25) is 0 Å². The van der Waals surface area contributed by atoms with Gasteiger partial charge in [0.15, 0.2) is 0 Å². The van der Waals surface area contributed by atoms with Gasteiger partial charge in [-0.3, -0.25) is 4.79 Å². The number of nitrogens with one attached hydrogen (secondary N) is 1. The van der Waals surface area contributed by atoms with Crippen molar-refractivity contribution in [2.45, 2.75) is 51.5 Å². The Bertz CT molecular complexity index is 138. The maximum absolute atomic E-state index is 11.0. The van der Waals surface area contributed by atoms with Gasteiger partial charge in [0.1, 0.15) is 0 Å². The molecule has 0 unspecified atom stereocenters. The van der Waals surface area contributed by atoms with Crippen molar-refractivity contribution in [2.75, 3.05) is 0 Å². The molecule has 2 nitrogen and oxygen atoms in total. The first kappa shape index (κ1) is 12.1. The molecule has 3 heteroatoms. The SMILES string of the molecule is CCC(=O)NC1CCCCC1.[H-].[Li+]. The van der Waals surface area contributed by atoms with Crippen LogP contribution < -0.4 is 24.2 Å². The summed E-state index contributed by atoms with van der Waals surface area (Å²) in [5, 5.41) is 3.03. The summed E-state index contributed by atoms with van der Waals surface area (Å²) in [4.78, 5) is 11.0. The summed E-state index contributed by atoms with van der Waals surface area (Å²) in [5.74, 6) is 0.205. The van der Waals surface area contributed by atoms with Gasteiger partial charge in [-0.15, -0.1) is 0 Å². The second-order valence-corrected chi connectivity index (χ2v) is 3.26. The Morgan fingerprint density at radius 1 is 1.42 bits per heavy atom. The minimum Gasteiger partial charge on any atom is -1.00 e. The van der Waals surface area contributed by atoms with Crippen LogP contribution in [0.4, 0.5) is 0 Å². The Morgan fingerprint density at radius 2 is 2.00 bits per heavy atom. The van der Waals surface area contributed by atoms with Gasteiger partial charge < -0.3 is 6.74 Å². The van der Waals surface area contributed by atoms with Crippen LogP contribution in [0.3, 0.4) is 0 Å². The number of carbonyl (C=O) groups is 1. The summed E-state index contributed by atoms with van der Waals surface area (Å²) < 4.78 is 0. The van der Waals surface area contributed by atoms with Crippen LogP contribution in [0, 0.1) is 0 Å². The molecule has 0 atom stereocenters. The summed E-state index contributed by atoms with van der Waals surface area (Å²) >= 11 is 0. The van der Waals surface area contributed by atoms with Crippen molar-refractivity contribution in [1.29, 1.82) is 0 Å². The van der Waals surface area contributed by atoms with Crippen LogP contribution >= 0.6 is 0 Å². The molecule has 1 aliphatic rings. The molecular weight excluding hydrogens is 145 g/mol. The van der Waals surface area contributed by atoms with Crippen molar-refractivity contribution in [1.82, 2.24) is 5.32 Å². The zero-order valence-electron chi connectivity index (χ0n) is 9.23. The van der Waals surface area contributed by atoms with Crippen molar-refractivity contribution in [3.63, 3.8) is 0 Å². The van der Waals surface area contributed by atoms with Crippen molar-refractivity contribution < 1.29 is 25.1 Å². The number of rotatable bonds is 2. The zero-order valence-corrected chi connectivity index (χ0v) is 8.23. The van der Waals surface area contributed by atoms with E-state index in [0.717, 1.165) is 0 Å². The fraction of sp³-hybridized carbons (Fsp3) is 0.889. The van der Waals surface area contributed by atoms with Crippen LogP contribution in [0.5, 0.6) is 0 Å². The summed E-state index contributed by atoms with van der Waals surface area (Å²) in [6.45, 7) is 1.90. The summed E-state index contributed by atoms with van der Waals surface area (Å²) in [6, 6.07) is 0.483. The van der Waals surface area contributed by atoms with E-state index < -0.39 is 0 Å². The predicted octanol–water partition coefficient (Wildman–Crippen LogP) is -1.04. The zero-order chi connectivity index (χ0) is 8.10. The molecule has 66 valence electrons. The van der Waals surface area contributed by atoms with E-state index in [9.17, 15) is 4.79 Å². The minimum absolute atomic E-state index is 0. The molecule has 1 N–H and O–H groups in total. The maximum Gasteiger partial charge on any atom is 1.00 e. The Labute approximate surface area is 88.1 Å². The minimum atomic E-state index is 0. The molecule has 0 aromatic heterocycles. The first-order valence-electron chi connectivity index (χ1n) is 4.62. The van der Waals surface area contributed by atoms with Gasteiger partial charge in [-0.05, 0) is 12.8 Å². The summed E-state index contributed by atoms with van der Waals surface area (Å²) in [5.41, 5.74) is 0. The van der Waals surface area contributed by atoms with Gasteiger partial charge in [0.25, 0.3) is 0 Å². The van der Waals surface area contributed by atoms with Gasteiger partial charge in [-0.2, -0.15) is 0 Å². The molecule has 0 radical (unpaired) electrons. The smallest absolute Gasteiger partial charge is 1.00 e. The van der Waals surface area contributed by atoms with E-state index in [0.29, 0.717) is 12.5 Å². The van der Waals surface area contributed by atoms with E-state index in [1.54, 1.807) is 0 Å². The Morgan fingerprint density at radius 3 is 2.50 bits per heavy atom. The Kier molecular flexibility index (Phi) is 6.61. The average molecular weight is 163 g/mol. The molecule has 1 amide bonds. The fourth-order valence-electron chi connectivity index (χ4n) is 1.58. The van der Waals surface area contributed by atoms with Gasteiger partial charge in [0.2, 0.25) is 5.91 Å². The van der Waals surface area contributed by atoms with E-state index in [-0.39, 0.29) is 26.2 Å². The molecule has 0 heterocycles. The third kappa shape index (κ3) is 4.18. The molecule has 0 bridgehead atoms. The monoisotopic (exact) mass is 163 g/mol. The van der Waals surface area contributed by atoms with E-state index in [4.69, 9.17) is 0 Å². The van der Waals surface area contributed by atoms with Crippen molar-refractivity contribution in [2.24, 2.45) is 0 Å². The van der Waals surface area contributed by atoms with Gasteiger partial charge >= 0.3 is 18.9 Å². The molecule has 0 aliphatic heterocycles. The molecule has 1 rings (SSSR count). The van der Waals surface area contributed by atoms with Gasteiger partial charge in [0, 0.05) is 12.5 Å². The van der Waals surface area contributed by atoms with Crippen LogP contribution in [-0.4, -0.2) is 11.9 Å². The number of amides is 1.